The number of carbonyl (C=O) groups excluding carboxylic acids is 1. The minimum absolute atomic E-state index is 0.0669. The summed E-state index contributed by atoms with van der Waals surface area (Å²) in [7, 11) is -3.96. The summed E-state index contributed by atoms with van der Waals surface area (Å²) in [6.07, 6.45) is 0.866. The molecule has 0 radical (unpaired) electrons. The molecule has 1 aliphatic rings. The zero-order valence-electron chi connectivity index (χ0n) is 14.6. The van der Waals surface area contributed by atoms with Crippen molar-refractivity contribution in [3.05, 3.63) is 53.8 Å². The molecule has 1 aliphatic heterocycles. The van der Waals surface area contributed by atoms with Crippen LogP contribution in [0.15, 0.2) is 47.4 Å². The summed E-state index contributed by atoms with van der Waals surface area (Å²) in [6.45, 7) is 3.62. The monoisotopic (exact) mass is 377 g/mol. The van der Waals surface area contributed by atoms with Crippen molar-refractivity contribution in [2.24, 2.45) is 0 Å². The first kappa shape index (κ1) is 18.4. The zero-order chi connectivity index (χ0) is 18.9. The lowest BCUT2D eigenvalue weighted by Crippen LogP contribution is -2.45. The molecule has 0 saturated carbocycles. The van der Waals surface area contributed by atoms with Gasteiger partial charge in [0, 0.05) is 5.69 Å². The fourth-order valence-electron chi connectivity index (χ4n) is 3.05. The number of fused-ring (bicyclic) bond motifs is 1. The number of nitrogens with zero attached hydrogens (tertiary/aromatic N) is 1. The van der Waals surface area contributed by atoms with Gasteiger partial charge in [-0.1, -0.05) is 19.1 Å². The van der Waals surface area contributed by atoms with Gasteiger partial charge in [-0.05, 0) is 49.2 Å². The van der Waals surface area contributed by atoms with Crippen LogP contribution in [0.4, 0.5) is 15.8 Å². The average molecular weight is 377 g/mol. The molecular formula is C19H20FNO4S. The van der Waals surface area contributed by atoms with E-state index >= 15 is 0 Å². The Morgan fingerprint density at radius 3 is 2.50 bits per heavy atom. The number of benzene rings is 2. The normalized spacial score (nSPS) is 18.3. The Morgan fingerprint density at radius 2 is 1.88 bits per heavy atom. The standard InChI is InChI=1S/C19H20FNO4S/c1-3-13-5-8-15(9-6-13)21-12-18(19(22)25-4-2)26(23,24)17-10-7-14(20)11-16(17)21/h5-11,18H,3-4,12H2,1-2H3. The van der Waals surface area contributed by atoms with E-state index < -0.39 is 26.9 Å². The smallest absolute Gasteiger partial charge is 0.326 e. The number of esters is 1. The third-order valence-electron chi connectivity index (χ3n) is 4.45. The minimum atomic E-state index is -3.96. The molecule has 1 atom stereocenters. The van der Waals surface area contributed by atoms with E-state index in [9.17, 15) is 17.6 Å². The molecule has 0 saturated heterocycles. The van der Waals surface area contributed by atoms with Crippen LogP contribution in [0.1, 0.15) is 19.4 Å². The van der Waals surface area contributed by atoms with Crippen molar-refractivity contribution in [1.82, 2.24) is 0 Å². The van der Waals surface area contributed by atoms with E-state index in [1.807, 2.05) is 31.2 Å². The van der Waals surface area contributed by atoms with Crippen molar-refractivity contribution in [2.75, 3.05) is 18.1 Å². The molecule has 0 fully saturated rings. The first-order valence-corrected chi connectivity index (χ1v) is 9.99. The van der Waals surface area contributed by atoms with Gasteiger partial charge in [-0.15, -0.1) is 0 Å². The summed E-state index contributed by atoms with van der Waals surface area (Å²) >= 11 is 0. The van der Waals surface area contributed by atoms with Crippen LogP contribution in [0.2, 0.25) is 0 Å². The number of anilines is 2. The maximum Gasteiger partial charge on any atom is 0.326 e. The largest absolute Gasteiger partial charge is 0.465 e. The molecule has 3 rings (SSSR count). The van der Waals surface area contributed by atoms with Crippen molar-refractivity contribution < 1.29 is 22.3 Å². The van der Waals surface area contributed by atoms with E-state index in [1.165, 1.54) is 12.1 Å². The van der Waals surface area contributed by atoms with Gasteiger partial charge >= 0.3 is 5.97 Å². The minimum Gasteiger partial charge on any atom is -0.465 e. The Kier molecular flexibility index (Phi) is 5.00. The quantitative estimate of drug-likeness (QED) is 0.605. The fourth-order valence-corrected chi connectivity index (χ4v) is 4.74. The number of halogens is 1. The van der Waals surface area contributed by atoms with Crippen LogP contribution < -0.4 is 4.90 Å². The Balaban J connectivity index is 2.14. The molecule has 2 aromatic carbocycles. The number of rotatable bonds is 4. The summed E-state index contributed by atoms with van der Waals surface area (Å²) < 4.78 is 44.5. The van der Waals surface area contributed by atoms with Gasteiger partial charge in [0.1, 0.15) is 5.82 Å². The third-order valence-corrected chi connectivity index (χ3v) is 6.50. The van der Waals surface area contributed by atoms with Gasteiger partial charge in [-0.3, -0.25) is 4.79 Å². The van der Waals surface area contributed by atoms with Crippen LogP contribution in [0, 0.1) is 5.82 Å². The molecule has 0 bridgehead atoms. The second kappa shape index (κ2) is 7.07. The predicted octanol–water partition coefficient (Wildman–Crippen LogP) is 3.25. The maximum atomic E-state index is 13.8. The molecule has 0 spiro atoms. The van der Waals surface area contributed by atoms with Crippen LogP contribution >= 0.6 is 0 Å². The van der Waals surface area contributed by atoms with Crippen molar-refractivity contribution >= 4 is 27.2 Å². The molecule has 2 aromatic rings. The van der Waals surface area contributed by atoms with Crippen molar-refractivity contribution in [3.8, 4) is 0 Å². The summed E-state index contributed by atoms with van der Waals surface area (Å²) in [5, 5.41) is -1.36. The van der Waals surface area contributed by atoms with E-state index in [0.717, 1.165) is 18.1 Å². The molecule has 5 nitrogen and oxygen atoms in total. The van der Waals surface area contributed by atoms with Gasteiger partial charge < -0.3 is 9.64 Å². The molecule has 1 unspecified atom stereocenters. The highest BCUT2D eigenvalue weighted by Gasteiger charge is 2.43. The summed E-state index contributed by atoms with van der Waals surface area (Å²) in [6, 6.07) is 11.0. The maximum absolute atomic E-state index is 13.8. The SMILES string of the molecule is CCOC(=O)C1CN(c2ccc(CC)cc2)c2cc(F)ccc2S1(=O)=O. The Morgan fingerprint density at radius 1 is 1.19 bits per heavy atom. The van der Waals surface area contributed by atoms with Crippen LogP contribution in [-0.4, -0.2) is 32.8 Å². The van der Waals surface area contributed by atoms with Gasteiger partial charge in [0.25, 0.3) is 0 Å². The highest BCUT2D eigenvalue weighted by Crippen LogP contribution is 2.39. The first-order valence-electron chi connectivity index (χ1n) is 8.45. The second-order valence-corrected chi connectivity index (χ2v) is 8.13. The second-order valence-electron chi connectivity index (χ2n) is 6.03. The van der Waals surface area contributed by atoms with Gasteiger partial charge in [0.05, 0.1) is 23.7 Å². The van der Waals surface area contributed by atoms with Crippen molar-refractivity contribution in [1.29, 1.82) is 0 Å². The number of hydrogen-bond donors (Lipinski definition) is 0. The van der Waals surface area contributed by atoms with Gasteiger partial charge in [0.15, 0.2) is 15.1 Å². The lowest BCUT2D eigenvalue weighted by molar-refractivity contribution is -0.142. The Bertz CT molecular complexity index is 925. The lowest BCUT2D eigenvalue weighted by Gasteiger charge is -2.34. The van der Waals surface area contributed by atoms with Crippen molar-refractivity contribution in [2.45, 2.75) is 30.4 Å². The molecule has 7 heteroatoms. The number of aryl methyl sites for hydroxylation is 1. The Hall–Kier alpha value is -2.41. The molecule has 138 valence electrons. The van der Waals surface area contributed by atoms with E-state index in [-0.39, 0.29) is 23.7 Å². The average Bonchev–Trinajstić information content (AvgIpc) is 2.62. The van der Waals surface area contributed by atoms with E-state index in [2.05, 4.69) is 0 Å². The van der Waals surface area contributed by atoms with Crippen LogP contribution in [0.5, 0.6) is 0 Å². The highest BCUT2D eigenvalue weighted by atomic mass is 32.2. The predicted molar refractivity (Wildman–Crippen MR) is 96.8 cm³/mol. The van der Waals surface area contributed by atoms with Crippen molar-refractivity contribution in [3.63, 3.8) is 0 Å². The molecule has 0 aromatic heterocycles. The molecule has 1 heterocycles. The summed E-state index contributed by atoms with van der Waals surface area (Å²) in [5.41, 5.74) is 2.05. The number of sulfone groups is 1. The van der Waals surface area contributed by atoms with Crippen LogP contribution in [0.25, 0.3) is 0 Å². The van der Waals surface area contributed by atoms with E-state index in [0.29, 0.717) is 5.69 Å². The van der Waals surface area contributed by atoms with Crippen LogP contribution in [0.3, 0.4) is 0 Å². The lowest BCUT2D eigenvalue weighted by atomic mass is 10.1. The number of ether oxygens (including phenoxy) is 1. The zero-order valence-corrected chi connectivity index (χ0v) is 15.4. The van der Waals surface area contributed by atoms with Crippen LogP contribution in [-0.2, 0) is 25.8 Å². The molecular weight excluding hydrogens is 357 g/mol. The fraction of sp³-hybridized carbons (Fsp3) is 0.316. The topological polar surface area (TPSA) is 63.7 Å². The van der Waals surface area contributed by atoms with Gasteiger partial charge in [-0.2, -0.15) is 0 Å². The summed E-state index contributed by atoms with van der Waals surface area (Å²) in [5.74, 6) is -1.33. The number of hydrogen-bond acceptors (Lipinski definition) is 5. The van der Waals surface area contributed by atoms with Gasteiger partial charge in [-0.25, -0.2) is 12.8 Å². The third kappa shape index (κ3) is 3.19. The first-order chi connectivity index (χ1) is 12.4. The van der Waals surface area contributed by atoms with Gasteiger partial charge in [0.2, 0.25) is 0 Å². The molecule has 0 amide bonds. The number of carbonyl (C=O) groups is 1. The van der Waals surface area contributed by atoms with E-state index in [1.54, 1.807) is 11.8 Å². The molecule has 0 N–H and O–H groups in total. The summed E-state index contributed by atoms with van der Waals surface area (Å²) in [4.78, 5) is 13.9. The highest BCUT2D eigenvalue weighted by molar-refractivity contribution is 7.93. The van der Waals surface area contributed by atoms with E-state index in [4.69, 9.17) is 4.74 Å². The molecule has 0 aliphatic carbocycles. The molecule has 26 heavy (non-hydrogen) atoms. The Labute approximate surface area is 152 Å².